The molecule has 0 aliphatic carbocycles. The number of esters is 1. The second-order valence-electron chi connectivity index (χ2n) is 11.9. The van der Waals surface area contributed by atoms with E-state index >= 15 is 0 Å². The number of hydrogen-bond acceptors (Lipinski definition) is 7. The van der Waals surface area contributed by atoms with E-state index in [0.29, 0.717) is 18.8 Å². The molecule has 0 amide bonds. The number of carbonyl (C=O) groups excluding carboxylic acids is 1. The Morgan fingerprint density at radius 1 is 0.667 bits per heavy atom. The van der Waals surface area contributed by atoms with Gasteiger partial charge in [0.1, 0.15) is 6.61 Å². The third-order valence-corrected chi connectivity index (χ3v) is 24.4. The summed E-state index contributed by atoms with van der Waals surface area (Å²) in [6, 6.07) is 2.14. The van der Waals surface area contributed by atoms with Crippen molar-refractivity contribution in [2.75, 3.05) is 19.8 Å². The van der Waals surface area contributed by atoms with Crippen molar-refractivity contribution in [3.8, 4) is 0 Å². The lowest BCUT2D eigenvalue weighted by Gasteiger charge is -2.42. The van der Waals surface area contributed by atoms with Gasteiger partial charge < -0.3 is 25.9 Å². The van der Waals surface area contributed by atoms with Crippen LogP contribution in [-0.2, 0) is 30.7 Å². The van der Waals surface area contributed by atoms with Gasteiger partial charge in [-0.05, 0) is 90.9 Å². The summed E-state index contributed by atoms with van der Waals surface area (Å²) in [6.45, 7) is 30.5. The molecule has 0 bridgehead atoms. The van der Waals surface area contributed by atoms with E-state index in [-0.39, 0.29) is 20.0 Å². The third-order valence-electron chi connectivity index (χ3n) is 5.04. The summed E-state index contributed by atoms with van der Waals surface area (Å²) in [5, 5.41) is 0. The number of ether oxygens (including phenoxy) is 2. The van der Waals surface area contributed by atoms with Crippen molar-refractivity contribution in [1.82, 2.24) is 0 Å². The van der Waals surface area contributed by atoms with Gasteiger partial charge in [-0.1, -0.05) is 33.8 Å². The van der Waals surface area contributed by atoms with Crippen molar-refractivity contribution in [1.29, 1.82) is 0 Å². The van der Waals surface area contributed by atoms with Gasteiger partial charge in [-0.2, -0.15) is 0 Å². The molecule has 7 nitrogen and oxygen atoms in total. The predicted octanol–water partition coefficient (Wildman–Crippen LogP) is 7.53. The van der Waals surface area contributed by atoms with E-state index in [4.69, 9.17) is 25.9 Å². The molecule has 36 heavy (non-hydrogen) atoms. The summed E-state index contributed by atoms with van der Waals surface area (Å²) >= 11 is 0. The van der Waals surface area contributed by atoms with E-state index in [1.54, 1.807) is 6.92 Å². The minimum absolute atomic E-state index is 0. The Morgan fingerprint density at radius 2 is 1.08 bits per heavy atom. The molecule has 0 rings (SSSR count). The zero-order valence-electron chi connectivity index (χ0n) is 24.7. The van der Waals surface area contributed by atoms with Crippen molar-refractivity contribution >= 4 is 48.3 Å². The van der Waals surface area contributed by atoms with Gasteiger partial charge in [-0.15, -0.1) is 0 Å². The zero-order valence-corrected chi connectivity index (χ0v) is 29.7. The number of unbranched alkanes of at least 4 members (excludes halogenated alkanes) is 1. The molecule has 0 saturated heterocycles. The number of rotatable bonds is 19. The average Bonchev–Trinajstić information content (AvgIpc) is 2.61. The summed E-state index contributed by atoms with van der Waals surface area (Å²) in [7, 11) is -10.8. The highest BCUT2D eigenvalue weighted by atomic mass is 28.5. The Morgan fingerprint density at radius 3 is 1.50 bits per heavy atom. The number of hydrogen-bond donors (Lipinski definition) is 0. The van der Waals surface area contributed by atoms with Gasteiger partial charge >= 0.3 is 31.7 Å². The predicted molar refractivity (Wildman–Crippen MR) is 164 cm³/mol. The normalized spacial score (nSPS) is 13.3. The molecular weight excluding hydrogens is 541 g/mol. The standard InChI is InChI=1S/C23H54O7Si5.CH4/c1-14-15-20-31(4,5)27-33(8,9)29-35(12,13)30-34(10,11)28-32(6,7)21-16-17-25-18-19-26-23(24)22(2)3;/h2,14-21H2,1,3-13H3;1H4. The van der Waals surface area contributed by atoms with Gasteiger partial charge in [-0.3, -0.25) is 0 Å². The first-order valence-electron chi connectivity index (χ1n) is 12.9. The fourth-order valence-electron chi connectivity index (χ4n) is 4.30. The molecule has 0 spiro atoms. The molecule has 0 heterocycles. The van der Waals surface area contributed by atoms with Gasteiger partial charge in [0.25, 0.3) is 0 Å². The molecule has 216 valence electrons. The van der Waals surface area contributed by atoms with Crippen LogP contribution in [0.25, 0.3) is 0 Å². The fourth-order valence-corrected chi connectivity index (χ4v) is 29.1. The van der Waals surface area contributed by atoms with Crippen LogP contribution in [0.1, 0.15) is 40.5 Å². The Kier molecular flexibility index (Phi) is 17.3. The molecule has 0 unspecified atom stereocenters. The lowest BCUT2D eigenvalue weighted by Crippen LogP contribution is -2.58. The Balaban J connectivity index is 0. The summed E-state index contributed by atoms with van der Waals surface area (Å²) in [4.78, 5) is 11.4. The van der Waals surface area contributed by atoms with Gasteiger partial charge in [0.2, 0.25) is 0 Å². The molecule has 0 radical (unpaired) electrons. The molecule has 0 aromatic heterocycles. The smallest absolute Gasteiger partial charge is 0.333 e. The van der Waals surface area contributed by atoms with E-state index in [9.17, 15) is 4.79 Å². The monoisotopic (exact) mass is 598 g/mol. The van der Waals surface area contributed by atoms with Crippen molar-refractivity contribution in [2.24, 2.45) is 0 Å². The second kappa shape index (κ2) is 16.3. The minimum Gasteiger partial charge on any atom is -0.460 e. The zero-order chi connectivity index (χ0) is 27.6. The second-order valence-corrected chi connectivity index (χ2v) is 31.6. The van der Waals surface area contributed by atoms with Crippen molar-refractivity contribution in [3.63, 3.8) is 0 Å². The van der Waals surface area contributed by atoms with E-state index in [1.165, 1.54) is 18.9 Å². The van der Waals surface area contributed by atoms with Crippen LogP contribution in [-0.4, -0.2) is 68.1 Å². The maximum absolute atomic E-state index is 11.4. The average molecular weight is 599 g/mol. The Bertz CT molecular complexity index is 667. The van der Waals surface area contributed by atoms with Crippen LogP contribution in [0, 0.1) is 0 Å². The van der Waals surface area contributed by atoms with Crippen molar-refractivity contribution in [2.45, 2.75) is 118 Å². The molecule has 12 heteroatoms. The highest BCUT2D eigenvalue weighted by Crippen LogP contribution is 2.28. The van der Waals surface area contributed by atoms with Crippen molar-refractivity contribution in [3.05, 3.63) is 12.2 Å². The Hall–Kier alpha value is 0.0944. The van der Waals surface area contributed by atoms with Crippen molar-refractivity contribution < 1.29 is 30.7 Å². The van der Waals surface area contributed by atoms with E-state index < -0.39 is 42.3 Å². The third kappa shape index (κ3) is 19.2. The molecule has 0 fully saturated rings. The van der Waals surface area contributed by atoms with Crippen LogP contribution in [0.2, 0.25) is 77.6 Å². The molecular formula is C24H58O7Si5. The Labute approximate surface area is 228 Å². The van der Waals surface area contributed by atoms with Crippen LogP contribution in [0.4, 0.5) is 0 Å². The molecule has 0 saturated carbocycles. The molecule has 0 N–H and O–H groups in total. The topological polar surface area (TPSA) is 72.5 Å². The van der Waals surface area contributed by atoms with Gasteiger partial charge in [0, 0.05) is 12.2 Å². The molecule has 0 aromatic rings. The van der Waals surface area contributed by atoms with Gasteiger partial charge in [-0.25, -0.2) is 4.79 Å². The van der Waals surface area contributed by atoms with Gasteiger partial charge in [0.05, 0.1) is 6.61 Å². The van der Waals surface area contributed by atoms with Crippen LogP contribution < -0.4 is 0 Å². The quantitative estimate of drug-likeness (QED) is 0.0658. The summed E-state index contributed by atoms with van der Waals surface area (Å²) in [6.07, 6.45) is 3.31. The molecule has 0 aromatic carbocycles. The van der Waals surface area contributed by atoms with Gasteiger partial charge in [0.15, 0.2) is 16.6 Å². The maximum atomic E-state index is 11.4. The maximum Gasteiger partial charge on any atom is 0.333 e. The van der Waals surface area contributed by atoms with Crippen LogP contribution >= 0.6 is 0 Å². The minimum atomic E-state index is -2.43. The highest BCUT2D eigenvalue weighted by molar-refractivity contribution is 6.90. The van der Waals surface area contributed by atoms with Crippen LogP contribution in [0.15, 0.2) is 12.2 Å². The highest BCUT2D eigenvalue weighted by Gasteiger charge is 2.45. The van der Waals surface area contributed by atoms with Crippen LogP contribution in [0.3, 0.4) is 0 Å². The largest absolute Gasteiger partial charge is 0.460 e. The first-order chi connectivity index (χ1) is 15.7. The molecule has 0 aliphatic heterocycles. The SMILES string of the molecule is C.C=C(C)C(=O)OCCOCCC[Si](C)(C)O[Si](C)(C)O[Si](C)(C)O[Si](C)(C)O[Si](C)(C)CCCC. The molecule has 0 aliphatic rings. The fraction of sp³-hybridized carbons (Fsp3) is 0.875. The lowest BCUT2D eigenvalue weighted by molar-refractivity contribution is -0.140. The van der Waals surface area contributed by atoms with E-state index in [1.807, 2.05) is 0 Å². The first-order valence-corrected chi connectivity index (χ1v) is 27.6. The summed E-state index contributed by atoms with van der Waals surface area (Å²) in [5.74, 6) is -0.377. The number of carbonyl (C=O) groups is 1. The first kappa shape index (κ1) is 38.2. The molecule has 0 atom stereocenters. The van der Waals surface area contributed by atoms with E-state index in [2.05, 4.69) is 79.0 Å². The summed E-state index contributed by atoms with van der Waals surface area (Å²) < 4.78 is 37.2. The van der Waals surface area contributed by atoms with E-state index in [0.717, 1.165) is 12.5 Å². The summed E-state index contributed by atoms with van der Waals surface area (Å²) in [5.41, 5.74) is 0.400. The lowest BCUT2D eigenvalue weighted by atomic mass is 10.4. The van der Waals surface area contributed by atoms with Crippen LogP contribution in [0.5, 0.6) is 0 Å².